The third kappa shape index (κ3) is 5.78. The zero-order valence-electron chi connectivity index (χ0n) is 15.5. The Morgan fingerprint density at radius 2 is 1.96 bits per heavy atom. The summed E-state index contributed by atoms with van der Waals surface area (Å²) in [7, 11) is 0. The minimum absolute atomic E-state index is 0.0313. The first-order valence-corrected chi connectivity index (χ1v) is 9.30. The molecule has 2 rings (SSSR count). The summed E-state index contributed by atoms with van der Waals surface area (Å²) < 4.78 is 18.4. The first kappa shape index (κ1) is 21.4. The Kier molecular flexibility index (Phi) is 7.11. The quantitative estimate of drug-likeness (QED) is 0.323. The number of carbonyl (C=O) groups is 2. The van der Waals surface area contributed by atoms with Gasteiger partial charge in [0.15, 0.2) is 6.10 Å². The lowest BCUT2D eigenvalue weighted by molar-refractivity contribution is -0.387. The molecule has 0 saturated heterocycles. The molecule has 1 N–H and O–H groups in total. The van der Waals surface area contributed by atoms with Crippen molar-refractivity contribution in [2.75, 3.05) is 11.1 Å². The molecule has 2 aromatic rings. The van der Waals surface area contributed by atoms with Gasteiger partial charge in [-0.3, -0.25) is 19.7 Å². The van der Waals surface area contributed by atoms with Crippen molar-refractivity contribution in [3.8, 4) is 0 Å². The lowest BCUT2D eigenvalue weighted by atomic mass is 10.2. The number of benzene rings is 2. The highest BCUT2D eigenvalue weighted by molar-refractivity contribution is 8.00. The van der Waals surface area contributed by atoms with Crippen molar-refractivity contribution in [3.05, 3.63) is 63.5 Å². The Labute approximate surface area is 165 Å². The fourth-order valence-electron chi connectivity index (χ4n) is 2.36. The van der Waals surface area contributed by atoms with E-state index in [1.165, 1.54) is 24.8 Å². The number of hydrogen-bond donors (Lipinski definition) is 1. The van der Waals surface area contributed by atoms with E-state index in [4.69, 9.17) is 4.74 Å². The number of nitrogens with zero attached hydrogens (tertiary/aromatic N) is 1. The van der Waals surface area contributed by atoms with Crippen LogP contribution in [0, 0.1) is 29.8 Å². The third-order valence-corrected chi connectivity index (χ3v) is 4.91. The summed E-state index contributed by atoms with van der Waals surface area (Å²) in [6.45, 7) is 5.30. The van der Waals surface area contributed by atoms with Crippen LogP contribution in [0.25, 0.3) is 0 Å². The second kappa shape index (κ2) is 9.32. The van der Waals surface area contributed by atoms with Crippen molar-refractivity contribution >= 4 is 35.0 Å². The minimum Gasteiger partial charge on any atom is -0.452 e. The number of aryl methyl sites for hydroxylation is 2. The topological polar surface area (TPSA) is 98.5 Å². The fraction of sp³-hybridized carbons (Fsp3) is 0.263. The number of halogens is 1. The van der Waals surface area contributed by atoms with Crippen molar-refractivity contribution in [3.63, 3.8) is 0 Å². The molecule has 7 nitrogen and oxygen atoms in total. The molecule has 28 heavy (non-hydrogen) atoms. The predicted octanol–water partition coefficient (Wildman–Crippen LogP) is 4.01. The molecule has 0 unspecified atom stereocenters. The number of rotatable bonds is 7. The number of amides is 1. The van der Waals surface area contributed by atoms with Crippen LogP contribution in [0.4, 0.5) is 15.8 Å². The van der Waals surface area contributed by atoms with E-state index in [0.717, 1.165) is 28.2 Å². The third-order valence-electron chi connectivity index (χ3n) is 3.76. The number of nitro groups is 1. The molecule has 0 bridgehead atoms. The molecule has 1 atom stereocenters. The summed E-state index contributed by atoms with van der Waals surface area (Å²) in [4.78, 5) is 34.9. The van der Waals surface area contributed by atoms with Crippen LogP contribution < -0.4 is 5.32 Å². The molecule has 0 spiro atoms. The van der Waals surface area contributed by atoms with E-state index in [9.17, 15) is 24.1 Å². The van der Waals surface area contributed by atoms with Crippen LogP contribution in [-0.4, -0.2) is 28.7 Å². The van der Waals surface area contributed by atoms with Crippen LogP contribution in [0.3, 0.4) is 0 Å². The largest absolute Gasteiger partial charge is 0.452 e. The van der Waals surface area contributed by atoms with Crippen LogP contribution >= 0.6 is 11.8 Å². The Hall–Kier alpha value is -2.94. The zero-order valence-corrected chi connectivity index (χ0v) is 16.3. The van der Waals surface area contributed by atoms with Gasteiger partial charge in [0.2, 0.25) is 5.82 Å². The van der Waals surface area contributed by atoms with Crippen LogP contribution in [-0.2, 0) is 14.3 Å². The molecule has 148 valence electrons. The van der Waals surface area contributed by atoms with Gasteiger partial charge in [-0.2, -0.15) is 4.39 Å². The lowest BCUT2D eigenvalue weighted by Gasteiger charge is -2.14. The van der Waals surface area contributed by atoms with Crippen molar-refractivity contribution in [2.45, 2.75) is 31.8 Å². The van der Waals surface area contributed by atoms with Crippen LogP contribution in [0.15, 0.2) is 41.3 Å². The van der Waals surface area contributed by atoms with E-state index >= 15 is 0 Å². The van der Waals surface area contributed by atoms with Gasteiger partial charge in [-0.1, -0.05) is 17.7 Å². The highest BCUT2D eigenvalue weighted by Crippen LogP contribution is 2.24. The summed E-state index contributed by atoms with van der Waals surface area (Å²) >= 11 is 1.31. The molecule has 0 fully saturated rings. The SMILES string of the molecule is Cc1ccc(SCC(=O)O[C@H](C)C(=O)Nc2ccc(F)c([N+](=O)[O-])c2)c(C)c1. The number of nitro benzene ring substituents is 1. The number of anilines is 1. The van der Waals surface area contributed by atoms with Crippen LogP contribution in [0.2, 0.25) is 0 Å². The first-order chi connectivity index (χ1) is 13.2. The van der Waals surface area contributed by atoms with E-state index < -0.39 is 34.4 Å². The number of ether oxygens (including phenoxy) is 1. The van der Waals surface area contributed by atoms with Gasteiger partial charge >= 0.3 is 11.7 Å². The van der Waals surface area contributed by atoms with Gasteiger partial charge in [-0.15, -0.1) is 11.8 Å². The summed E-state index contributed by atoms with van der Waals surface area (Å²) in [5, 5.41) is 13.1. The highest BCUT2D eigenvalue weighted by atomic mass is 32.2. The smallest absolute Gasteiger partial charge is 0.317 e. The molecule has 9 heteroatoms. The molecule has 0 aliphatic carbocycles. The number of esters is 1. The standard InChI is InChI=1S/C19H19FN2O5S/c1-11-4-7-17(12(2)8-11)28-10-18(23)27-13(3)19(24)21-14-5-6-15(20)16(9-14)22(25)26/h4-9,13H,10H2,1-3H3,(H,21,24)/t13-/m1/s1. The Morgan fingerprint density at radius 3 is 2.61 bits per heavy atom. The second-order valence-corrected chi connectivity index (χ2v) is 7.12. The van der Waals surface area contributed by atoms with Gasteiger partial charge in [0.25, 0.3) is 5.91 Å². The van der Waals surface area contributed by atoms with Crippen LogP contribution in [0.5, 0.6) is 0 Å². The zero-order chi connectivity index (χ0) is 20.8. The number of hydrogen-bond acceptors (Lipinski definition) is 6. The van der Waals surface area contributed by atoms with E-state index in [1.807, 2.05) is 32.0 Å². The molecule has 0 heterocycles. The minimum atomic E-state index is -1.11. The summed E-state index contributed by atoms with van der Waals surface area (Å²) in [5.74, 6) is -2.22. The Bertz CT molecular complexity index is 919. The molecule has 0 radical (unpaired) electrons. The van der Waals surface area contributed by atoms with Gasteiger partial charge in [-0.25, -0.2) is 0 Å². The van der Waals surface area contributed by atoms with E-state index in [-0.39, 0.29) is 11.4 Å². The predicted molar refractivity (Wildman–Crippen MR) is 104 cm³/mol. The van der Waals surface area contributed by atoms with Crippen molar-refractivity contribution in [2.24, 2.45) is 0 Å². The molecular formula is C19H19FN2O5S. The van der Waals surface area contributed by atoms with E-state index in [1.54, 1.807) is 0 Å². The van der Waals surface area contributed by atoms with Gasteiger partial charge in [0.1, 0.15) is 0 Å². The first-order valence-electron chi connectivity index (χ1n) is 8.31. The molecule has 0 aromatic heterocycles. The average Bonchev–Trinajstić information content (AvgIpc) is 2.62. The molecule has 1 amide bonds. The van der Waals surface area contributed by atoms with Crippen LogP contribution in [0.1, 0.15) is 18.1 Å². The van der Waals surface area contributed by atoms with Gasteiger partial charge in [0, 0.05) is 16.6 Å². The van der Waals surface area contributed by atoms with Gasteiger partial charge < -0.3 is 10.1 Å². The maximum Gasteiger partial charge on any atom is 0.317 e. The van der Waals surface area contributed by atoms with Crippen molar-refractivity contribution < 1.29 is 23.6 Å². The summed E-state index contributed by atoms with van der Waals surface area (Å²) in [6.07, 6.45) is -1.11. The fourth-order valence-corrected chi connectivity index (χ4v) is 3.15. The lowest BCUT2D eigenvalue weighted by Crippen LogP contribution is -2.30. The van der Waals surface area contributed by atoms with E-state index in [0.29, 0.717) is 0 Å². The number of nitrogens with one attached hydrogen (secondary N) is 1. The van der Waals surface area contributed by atoms with Gasteiger partial charge in [-0.05, 0) is 44.5 Å². The van der Waals surface area contributed by atoms with E-state index in [2.05, 4.69) is 5.32 Å². The van der Waals surface area contributed by atoms with Gasteiger partial charge in [0.05, 0.1) is 10.7 Å². The molecule has 2 aromatic carbocycles. The Morgan fingerprint density at radius 1 is 1.25 bits per heavy atom. The monoisotopic (exact) mass is 406 g/mol. The highest BCUT2D eigenvalue weighted by Gasteiger charge is 2.20. The molecule has 0 saturated carbocycles. The average molecular weight is 406 g/mol. The normalized spacial score (nSPS) is 11.6. The maximum atomic E-state index is 13.3. The maximum absolute atomic E-state index is 13.3. The number of carbonyl (C=O) groups excluding carboxylic acids is 2. The van der Waals surface area contributed by atoms with Crippen molar-refractivity contribution in [1.29, 1.82) is 0 Å². The number of thioether (sulfide) groups is 1. The summed E-state index contributed by atoms with van der Waals surface area (Å²) in [5.41, 5.74) is 1.44. The molecule has 0 aliphatic heterocycles. The second-order valence-electron chi connectivity index (χ2n) is 6.10. The summed E-state index contributed by atoms with van der Waals surface area (Å²) in [6, 6.07) is 8.83. The Balaban J connectivity index is 1.90. The molecule has 0 aliphatic rings. The van der Waals surface area contributed by atoms with Crippen molar-refractivity contribution in [1.82, 2.24) is 0 Å². The molecular weight excluding hydrogens is 387 g/mol.